The van der Waals surface area contributed by atoms with Crippen molar-refractivity contribution in [3.05, 3.63) is 35.7 Å². The largest absolute Gasteiger partial charge is 0.366 e. The summed E-state index contributed by atoms with van der Waals surface area (Å²) in [4.78, 5) is 18.1. The van der Waals surface area contributed by atoms with Gasteiger partial charge in [-0.05, 0) is 63.6 Å². The number of nitrogens with zero attached hydrogens (tertiary/aromatic N) is 7. The Morgan fingerprint density at radius 1 is 1.14 bits per heavy atom. The van der Waals surface area contributed by atoms with Gasteiger partial charge in [0.25, 0.3) is 0 Å². The molecular weight excluding hydrogens is 442 g/mol. The summed E-state index contributed by atoms with van der Waals surface area (Å²) in [6, 6.07) is 6.20. The first-order valence-electron chi connectivity index (χ1n) is 12.3. The molecule has 1 amide bonds. The number of fused-ring (bicyclic) bond motifs is 2. The molecule has 0 radical (unpaired) electrons. The number of piperidine rings is 1. The minimum atomic E-state index is -0.476. The fraction of sp³-hybridized carbons (Fsp3) is 0.480. The summed E-state index contributed by atoms with van der Waals surface area (Å²) in [5.41, 5.74) is 9.60. The zero-order chi connectivity index (χ0) is 24.4. The Morgan fingerprint density at radius 3 is 2.57 bits per heavy atom. The average Bonchev–Trinajstić information content (AvgIpc) is 3.41. The maximum Gasteiger partial charge on any atom is 0.248 e. The predicted octanol–water partition coefficient (Wildman–Crippen LogP) is 2.70. The molecule has 10 nitrogen and oxygen atoms in total. The van der Waals surface area contributed by atoms with Gasteiger partial charge in [-0.2, -0.15) is 10.2 Å². The number of carbonyl (C=O) groups excluding carboxylic acids is 1. The van der Waals surface area contributed by atoms with Gasteiger partial charge in [0, 0.05) is 48.7 Å². The molecule has 1 aliphatic carbocycles. The molecular formula is C25H31N9O. The van der Waals surface area contributed by atoms with Gasteiger partial charge in [-0.3, -0.25) is 14.2 Å². The van der Waals surface area contributed by atoms with E-state index in [0.29, 0.717) is 29.2 Å². The Morgan fingerprint density at radius 2 is 1.89 bits per heavy atom. The second-order valence-electron chi connectivity index (χ2n) is 10.2. The standard InChI is InChI=1S/C25H31N9O/c1-5-33-22(6-14(4)31-33)25-28-24(29-30-25)16-7-15(23(26)35)8-21-17(16)9-27-34(21)12-20-18-10-32(13(2)3)11-19(18)20/h6-9,13,18-20H,5,10-12H2,1-4H3,(H2,26,35)(H,28,29,30)/t18-,19+,20-. The lowest BCUT2D eigenvalue weighted by molar-refractivity contribution is 0.100. The van der Waals surface area contributed by atoms with E-state index < -0.39 is 5.91 Å². The molecule has 1 saturated heterocycles. The Balaban J connectivity index is 1.34. The monoisotopic (exact) mass is 473 g/mol. The molecule has 3 aromatic heterocycles. The van der Waals surface area contributed by atoms with Crippen molar-refractivity contribution >= 4 is 16.8 Å². The van der Waals surface area contributed by atoms with Crippen LogP contribution >= 0.6 is 0 Å². The second kappa shape index (κ2) is 8.01. The Kier molecular flexibility index (Phi) is 5.03. The molecule has 4 heterocycles. The van der Waals surface area contributed by atoms with Gasteiger partial charge in [0.1, 0.15) is 5.69 Å². The van der Waals surface area contributed by atoms with Crippen molar-refractivity contribution in [1.29, 1.82) is 0 Å². The number of rotatable bonds is 7. The number of carbonyl (C=O) groups is 1. The van der Waals surface area contributed by atoms with E-state index in [1.165, 1.54) is 13.1 Å². The number of aromatic amines is 1. The summed E-state index contributed by atoms with van der Waals surface area (Å²) in [7, 11) is 0. The number of primary amides is 1. The van der Waals surface area contributed by atoms with Gasteiger partial charge in [-0.15, -0.1) is 10.2 Å². The quantitative estimate of drug-likeness (QED) is 0.425. The summed E-state index contributed by atoms with van der Waals surface area (Å²) in [5, 5.41) is 18.9. The van der Waals surface area contributed by atoms with Crippen LogP contribution in [0, 0.1) is 24.7 Å². The third-order valence-electron chi connectivity index (χ3n) is 7.75. The van der Waals surface area contributed by atoms with E-state index in [1.54, 1.807) is 6.07 Å². The highest BCUT2D eigenvalue weighted by molar-refractivity contribution is 6.02. The maximum atomic E-state index is 12.2. The first-order valence-corrected chi connectivity index (χ1v) is 12.3. The first kappa shape index (κ1) is 22.0. The van der Waals surface area contributed by atoms with Gasteiger partial charge in [0.2, 0.25) is 5.91 Å². The Labute approximate surface area is 203 Å². The molecule has 0 spiro atoms. The van der Waals surface area contributed by atoms with Gasteiger partial charge in [0.05, 0.1) is 17.4 Å². The Bertz CT molecular complexity index is 1420. The van der Waals surface area contributed by atoms with Crippen molar-refractivity contribution in [2.75, 3.05) is 13.1 Å². The number of amides is 1. The molecule has 2 aliphatic rings. The summed E-state index contributed by atoms with van der Waals surface area (Å²) in [6.07, 6.45) is 1.86. The predicted molar refractivity (Wildman–Crippen MR) is 132 cm³/mol. The first-order chi connectivity index (χ1) is 16.8. The van der Waals surface area contributed by atoms with Crippen molar-refractivity contribution in [1.82, 2.24) is 39.6 Å². The number of likely N-dealkylation sites (tertiary alicyclic amines) is 1. The number of nitrogens with one attached hydrogen (secondary N) is 1. The molecule has 0 unspecified atom stereocenters. The molecule has 1 aromatic carbocycles. The number of benzene rings is 1. The topological polar surface area (TPSA) is 124 Å². The van der Waals surface area contributed by atoms with E-state index in [9.17, 15) is 4.79 Å². The molecule has 0 bridgehead atoms. The lowest BCUT2D eigenvalue weighted by Gasteiger charge is -2.23. The molecule has 35 heavy (non-hydrogen) atoms. The molecule has 10 heteroatoms. The number of H-pyrrole nitrogens is 1. The van der Waals surface area contributed by atoms with Crippen LogP contribution in [-0.4, -0.2) is 64.7 Å². The van der Waals surface area contributed by atoms with Crippen molar-refractivity contribution in [3.8, 4) is 22.9 Å². The number of aryl methyl sites for hydroxylation is 2. The SMILES string of the molecule is CCn1nc(C)cc1-c1nnc(-c2cc(C(N)=O)cc3c2cnn3C[C@@H]2[C@@H]3CN(C(C)C)C[C@@H]32)[nH]1. The van der Waals surface area contributed by atoms with Crippen LogP contribution in [0.3, 0.4) is 0 Å². The molecule has 182 valence electrons. The fourth-order valence-electron chi connectivity index (χ4n) is 5.71. The lowest BCUT2D eigenvalue weighted by atomic mass is 10.0. The van der Waals surface area contributed by atoms with Crippen LogP contribution in [0.1, 0.15) is 36.8 Å². The molecule has 1 aliphatic heterocycles. The van der Waals surface area contributed by atoms with Crippen molar-refractivity contribution in [2.45, 2.75) is 46.8 Å². The van der Waals surface area contributed by atoms with Gasteiger partial charge in [-0.1, -0.05) is 0 Å². The third kappa shape index (κ3) is 3.63. The summed E-state index contributed by atoms with van der Waals surface area (Å²) in [5.74, 6) is 2.83. The van der Waals surface area contributed by atoms with E-state index in [1.807, 2.05) is 41.5 Å². The van der Waals surface area contributed by atoms with Gasteiger partial charge < -0.3 is 15.6 Å². The molecule has 6 rings (SSSR count). The number of nitrogens with two attached hydrogens (primary N) is 1. The summed E-state index contributed by atoms with van der Waals surface area (Å²) in [6.45, 7) is 12.4. The summed E-state index contributed by atoms with van der Waals surface area (Å²) < 4.78 is 3.92. The summed E-state index contributed by atoms with van der Waals surface area (Å²) >= 11 is 0. The number of hydrogen-bond donors (Lipinski definition) is 2. The fourth-order valence-corrected chi connectivity index (χ4v) is 5.71. The van der Waals surface area contributed by atoms with E-state index in [4.69, 9.17) is 10.8 Å². The molecule has 1 saturated carbocycles. The van der Waals surface area contributed by atoms with Crippen LogP contribution in [-0.2, 0) is 13.1 Å². The van der Waals surface area contributed by atoms with E-state index in [2.05, 4.69) is 39.0 Å². The van der Waals surface area contributed by atoms with Crippen LogP contribution < -0.4 is 5.73 Å². The second-order valence-corrected chi connectivity index (χ2v) is 10.2. The van der Waals surface area contributed by atoms with Crippen molar-refractivity contribution in [3.63, 3.8) is 0 Å². The van der Waals surface area contributed by atoms with Crippen molar-refractivity contribution in [2.24, 2.45) is 23.5 Å². The smallest absolute Gasteiger partial charge is 0.248 e. The highest BCUT2D eigenvalue weighted by Crippen LogP contribution is 2.53. The molecule has 3 atom stereocenters. The van der Waals surface area contributed by atoms with Crippen LogP contribution in [0.2, 0.25) is 0 Å². The normalized spacial score (nSPS) is 21.8. The van der Waals surface area contributed by atoms with Gasteiger partial charge in [0.15, 0.2) is 11.6 Å². The highest BCUT2D eigenvalue weighted by atomic mass is 16.1. The van der Waals surface area contributed by atoms with Gasteiger partial charge >= 0.3 is 0 Å². The van der Waals surface area contributed by atoms with Crippen LogP contribution in [0.5, 0.6) is 0 Å². The average molecular weight is 474 g/mol. The highest BCUT2D eigenvalue weighted by Gasteiger charge is 2.55. The molecule has 4 aromatic rings. The van der Waals surface area contributed by atoms with Crippen LogP contribution in [0.4, 0.5) is 0 Å². The lowest BCUT2D eigenvalue weighted by Crippen LogP contribution is -2.31. The van der Waals surface area contributed by atoms with E-state index in [-0.39, 0.29) is 0 Å². The van der Waals surface area contributed by atoms with Gasteiger partial charge in [-0.25, -0.2) is 0 Å². The molecule has 2 fully saturated rings. The van der Waals surface area contributed by atoms with E-state index in [0.717, 1.165) is 52.8 Å². The minimum absolute atomic E-state index is 0.434. The van der Waals surface area contributed by atoms with Crippen molar-refractivity contribution < 1.29 is 4.79 Å². The van der Waals surface area contributed by atoms with E-state index >= 15 is 0 Å². The third-order valence-corrected chi connectivity index (χ3v) is 7.75. The number of aromatic nitrogens is 7. The number of hydrogen-bond acceptors (Lipinski definition) is 6. The minimum Gasteiger partial charge on any atom is -0.366 e. The van der Waals surface area contributed by atoms with Crippen LogP contribution in [0.15, 0.2) is 24.4 Å². The maximum absolute atomic E-state index is 12.2. The Hall–Kier alpha value is -3.53. The molecule has 3 N–H and O–H groups in total. The van der Waals surface area contributed by atoms with Crippen LogP contribution in [0.25, 0.3) is 33.8 Å². The zero-order valence-corrected chi connectivity index (χ0v) is 20.6. The zero-order valence-electron chi connectivity index (χ0n) is 20.6.